The van der Waals surface area contributed by atoms with E-state index in [4.69, 9.17) is 0 Å². The second-order valence-electron chi connectivity index (χ2n) is 7.16. The van der Waals surface area contributed by atoms with Crippen LogP contribution in [-0.4, -0.2) is 29.3 Å². The number of fused-ring (bicyclic) bond motifs is 3. The third-order valence-electron chi connectivity index (χ3n) is 5.45. The molecule has 2 aliphatic rings. The van der Waals surface area contributed by atoms with Gasteiger partial charge in [-0.1, -0.05) is 30.3 Å². The summed E-state index contributed by atoms with van der Waals surface area (Å²) in [4.78, 5) is 4.33. The molecule has 4 rings (SSSR count). The smallest absolute Gasteiger partial charge is 0.188 e. The zero-order valence-corrected chi connectivity index (χ0v) is 14.6. The minimum atomic E-state index is -3.72. The van der Waals surface area contributed by atoms with Gasteiger partial charge < -0.3 is 10.4 Å². The summed E-state index contributed by atoms with van der Waals surface area (Å²) in [6.07, 6.45) is 1.57. The minimum Gasteiger partial charge on any atom is -0.382 e. The van der Waals surface area contributed by atoms with Gasteiger partial charge in [0.15, 0.2) is 9.84 Å². The number of hydrogen-bond donors (Lipinski definition) is 2. The van der Waals surface area contributed by atoms with Gasteiger partial charge in [0.1, 0.15) is 10.9 Å². The van der Waals surface area contributed by atoms with Crippen LogP contribution in [-0.2, 0) is 15.4 Å². The molecule has 24 heavy (non-hydrogen) atoms. The molecule has 0 spiro atoms. The molecule has 2 N–H and O–H groups in total. The fraction of sp³-hybridized carbons (Fsp3) is 0.389. The quantitative estimate of drug-likeness (QED) is 0.825. The van der Waals surface area contributed by atoms with Crippen LogP contribution < -0.4 is 5.32 Å². The Bertz CT molecular complexity index is 925. The summed E-state index contributed by atoms with van der Waals surface area (Å²) >= 11 is 0. The molecule has 3 unspecified atom stereocenters. The molecule has 2 aromatic rings. The molecule has 3 atom stereocenters. The summed E-state index contributed by atoms with van der Waals surface area (Å²) in [7, 11) is -3.72. The lowest BCUT2D eigenvalue weighted by atomic mass is 9.77. The molecule has 1 fully saturated rings. The zero-order chi connectivity index (χ0) is 17.3. The lowest BCUT2D eigenvalue weighted by Crippen LogP contribution is -2.51. The molecule has 1 aromatic carbocycles. The molecule has 6 heteroatoms. The molecular formula is C18H20N2O3S. The van der Waals surface area contributed by atoms with Crippen molar-refractivity contribution in [3.05, 3.63) is 59.4 Å². The van der Waals surface area contributed by atoms with Crippen molar-refractivity contribution < 1.29 is 13.5 Å². The number of pyridine rings is 1. The predicted octanol–water partition coefficient (Wildman–Crippen LogP) is 1.86. The Morgan fingerprint density at radius 3 is 2.50 bits per heavy atom. The summed E-state index contributed by atoms with van der Waals surface area (Å²) in [5.41, 5.74) is -0.554. The largest absolute Gasteiger partial charge is 0.382 e. The van der Waals surface area contributed by atoms with Gasteiger partial charge in [0.2, 0.25) is 0 Å². The minimum absolute atomic E-state index is 0.188. The number of rotatable bonds is 1. The predicted molar refractivity (Wildman–Crippen MR) is 90.2 cm³/mol. The number of aryl methyl sites for hydroxylation is 1. The van der Waals surface area contributed by atoms with Crippen molar-refractivity contribution in [3.8, 4) is 0 Å². The van der Waals surface area contributed by atoms with Crippen molar-refractivity contribution in [2.24, 2.45) is 0 Å². The maximum absolute atomic E-state index is 13.3. The number of sulfone groups is 1. The third kappa shape index (κ3) is 1.71. The molecule has 5 nitrogen and oxygen atoms in total. The SMILES string of the molecule is Cc1nccc2c1S(=O)(=O)C1C(c3ccccc3)NC(C)(C)C21O. The Hall–Kier alpha value is -1.76. The second kappa shape index (κ2) is 4.65. The van der Waals surface area contributed by atoms with E-state index in [9.17, 15) is 13.5 Å². The number of nitrogens with zero attached hydrogens (tertiary/aromatic N) is 1. The molecule has 0 aliphatic carbocycles. The molecule has 0 radical (unpaired) electrons. The molecule has 0 bridgehead atoms. The average molecular weight is 344 g/mol. The van der Waals surface area contributed by atoms with Crippen molar-refractivity contribution in [2.45, 2.75) is 48.1 Å². The van der Waals surface area contributed by atoms with Crippen molar-refractivity contribution in [1.82, 2.24) is 10.3 Å². The molecule has 126 valence electrons. The van der Waals surface area contributed by atoms with E-state index >= 15 is 0 Å². The van der Waals surface area contributed by atoms with Crippen LogP contribution in [0.15, 0.2) is 47.5 Å². The van der Waals surface area contributed by atoms with Crippen LogP contribution in [0.25, 0.3) is 0 Å². The Labute approximate surface area is 141 Å². The van der Waals surface area contributed by atoms with E-state index in [1.165, 1.54) is 0 Å². The summed E-state index contributed by atoms with van der Waals surface area (Å²) in [6, 6.07) is 10.6. The standard InChI is InChI=1S/C18H20N2O3S/c1-11-15-13(9-10-19-11)18(21)16(24(15,22)23)14(20-17(18,2)3)12-7-5-4-6-8-12/h4-10,14,16,20-21H,1-3H3. The highest BCUT2D eigenvalue weighted by Gasteiger charge is 2.70. The van der Waals surface area contributed by atoms with E-state index in [2.05, 4.69) is 10.3 Å². The van der Waals surface area contributed by atoms with Gasteiger partial charge in [0.25, 0.3) is 0 Å². The Morgan fingerprint density at radius 1 is 1.17 bits per heavy atom. The van der Waals surface area contributed by atoms with E-state index in [1.807, 2.05) is 44.2 Å². The average Bonchev–Trinajstić information content (AvgIpc) is 2.87. The summed E-state index contributed by atoms with van der Waals surface area (Å²) in [5.74, 6) is 0. The first-order chi connectivity index (χ1) is 11.2. The van der Waals surface area contributed by atoms with E-state index < -0.39 is 32.3 Å². The highest BCUT2D eigenvalue weighted by molar-refractivity contribution is 7.92. The number of hydrogen-bond acceptors (Lipinski definition) is 5. The Balaban J connectivity index is 2.03. The van der Waals surface area contributed by atoms with Gasteiger partial charge in [-0.2, -0.15) is 0 Å². The number of aliphatic hydroxyl groups is 1. The van der Waals surface area contributed by atoms with Crippen LogP contribution in [0, 0.1) is 6.92 Å². The second-order valence-corrected chi connectivity index (χ2v) is 9.17. The van der Waals surface area contributed by atoms with Gasteiger partial charge >= 0.3 is 0 Å². The highest BCUT2D eigenvalue weighted by atomic mass is 32.2. The van der Waals surface area contributed by atoms with E-state index in [0.717, 1.165) is 5.56 Å². The fourth-order valence-corrected chi connectivity index (χ4v) is 7.03. The Morgan fingerprint density at radius 2 is 1.83 bits per heavy atom. The highest BCUT2D eigenvalue weighted by Crippen LogP contribution is 2.58. The molecule has 0 amide bonds. The van der Waals surface area contributed by atoms with Crippen LogP contribution in [0.3, 0.4) is 0 Å². The monoisotopic (exact) mass is 344 g/mol. The van der Waals surface area contributed by atoms with Crippen molar-refractivity contribution in [2.75, 3.05) is 0 Å². The lowest BCUT2D eigenvalue weighted by molar-refractivity contribution is -0.00815. The van der Waals surface area contributed by atoms with Gasteiger partial charge in [-0.15, -0.1) is 0 Å². The van der Waals surface area contributed by atoms with Gasteiger partial charge in [-0.25, -0.2) is 8.42 Å². The van der Waals surface area contributed by atoms with Crippen LogP contribution in [0.5, 0.6) is 0 Å². The van der Waals surface area contributed by atoms with Crippen molar-refractivity contribution in [3.63, 3.8) is 0 Å². The summed E-state index contributed by atoms with van der Waals surface area (Å²) in [6.45, 7) is 5.38. The Kier molecular flexibility index (Phi) is 3.05. The molecule has 0 saturated carbocycles. The first kappa shape index (κ1) is 15.7. The number of benzene rings is 1. The van der Waals surface area contributed by atoms with Gasteiger partial charge in [-0.3, -0.25) is 4.98 Å². The van der Waals surface area contributed by atoms with Gasteiger partial charge in [0, 0.05) is 17.3 Å². The van der Waals surface area contributed by atoms with E-state index in [0.29, 0.717) is 11.3 Å². The van der Waals surface area contributed by atoms with Crippen LogP contribution in [0.1, 0.15) is 36.7 Å². The maximum Gasteiger partial charge on any atom is 0.188 e. The zero-order valence-electron chi connectivity index (χ0n) is 13.8. The summed E-state index contributed by atoms with van der Waals surface area (Å²) < 4.78 is 26.6. The van der Waals surface area contributed by atoms with Crippen molar-refractivity contribution in [1.29, 1.82) is 0 Å². The van der Waals surface area contributed by atoms with Crippen LogP contribution in [0.4, 0.5) is 0 Å². The summed E-state index contributed by atoms with van der Waals surface area (Å²) in [5, 5.41) is 14.0. The molecule has 3 heterocycles. The van der Waals surface area contributed by atoms with Crippen LogP contribution in [0.2, 0.25) is 0 Å². The first-order valence-corrected chi connectivity index (χ1v) is 9.51. The molecule has 2 aliphatic heterocycles. The lowest BCUT2D eigenvalue weighted by Gasteiger charge is -2.35. The van der Waals surface area contributed by atoms with Gasteiger partial charge in [-0.05, 0) is 32.4 Å². The van der Waals surface area contributed by atoms with E-state index in [1.54, 1.807) is 19.2 Å². The number of aromatic nitrogens is 1. The fourth-order valence-electron chi connectivity index (χ4n) is 4.32. The van der Waals surface area contributed by atoms with Gasteiger partial charge in [0.05, 0.1) is 16.6 Å². The van der Waals surface area contributed by atoms with E-state index in [-0.39, 0.29) is 4.90 Å². The normalized spacial score (nSPS) is 32.3. The topological polar surface area (TPSA) is 79.3 Å². The third-order valence-corrected chi connectivity index (χ3v) is 7.82. The maximum atomic E-state index is 13.3. The number of nitrogens with one attached hydrogen (secondary N) is 1. The van der Waals surface area contributed by atoms with Crippen LogP contribution >= 0.6 is 0 Å². The van der Waals surface area contributed by atoms with Crippen molar-refractivity contribution >= 4 is 9.84 Å². The first-order valence-electron chi connectivity index (χ1n) is 7.96. The molecule has 1 saturated heterocycles. The molecule has 1 aromatic heterocycles. The molecular weight excluding hydrogens is 324 g/mol.